The third kappa shape index (κ3) is 5.03. The molecule has 0 unspecified atom stereocenters. The van der Waals surface area contributed by atoms with Crippen LogP contribution in [0.2, 0.25) is 0 Å². The molecular formula is C21H20BrF3O5. The van der Waals surface area contributed by atoms with Crippen LogP contribution in [0.15, 0.2) is 59.1 Å². The highest BCUT2D eigenvalue weighted by atomic mass is 79.9. The number of hydrogen-bond donors (Lipinski definition) is 0. The number of halogens is 4. The Morgan fingerprint density at radius 2 is 1.67 bits per heavy atom. The summed E-state index contributed by atoms with van der Waals surface area (Å²) in [7, 11) is 0.828. The Morgan fingerprint density at radius 3 is 2.27 bits per heavy atom. The summed E-state index contributed by atoms with van der Waals surface area (Å²) in [5, 5.41) is 0. The van der Waals surface area contributed by atoms with E-state index in [1.165, 1.54) is 24.3 Å². The Labute approximate surface area is 180 Å². The van der Waals surface area contributed by atoms with Crippen LogP contribution in [-0.4, -0.2) is 44.7 Å². The van der Waals surface area contributed by atoms with Crippen LogP contribution in [-0.2, 0) is 35.9 Å². The fraction of sp³-hybridized carbons (Fsp3) is 0.381. The lowest BCUT2D eigenvalue weighted by molar-refractivity contribution is -0.276. The van der Waals surface area contributed by atoms with Gasteiger partial charge in [-0.2, -0.15) is 13.2 Å². The number of methoxy groups -OCH3 is 1. The fourth-order valence-corrected chi connectivity index (χ4v) is 3.26. The average molecular weight is 489 g/mol. The van der Waals surface area contributed by atoms with Crippen molar-refractivity contribution in [3.05, 3.63) is 70.2 Å². The van der Waals surface area contributed by atoms with Gasteiger partial charge in [0.05, 0.1) is 13.2 Å². The number of hydrogen-bond acceptors (Lipinski definition) is 5. The quantitative estimate of drug-likeness (QED) is 0.387. The van der Waals surface area contributed by atoms with Crippen molar-refractivity contribution in [1.29, 1.82) is 0 Å². The first-order chi connectivity index (χ1) is 14.3. The highest BCUT2D eigenvalue weighted by Gasteiger charge is 2.64. The van der Waals surface area contributed by atoms with Crippen LogP contribution in [0.3, 0.4) is 0 Å². The number of ether oxygens (including phenoxy) is 4. The number of carbonyl (C=O) groups is 1. The van der Waals surface area contributed by atoms with E-state index in [-0.39, 0.29) is 24.9 Å². The molecule has 1 fully saturated rings. The molecule has 5 nitrogen and oxygen atoms in total. The molecule has 0 N–H and O–H groups in total. The zero-order chi connectivity index (χ0) is 21.8. The van der Waals surface area contributed by atoms with Gasteiger partial charge in [0, 0.05) is 17.1 Å². The molecule has 3 rings (SSSR count). The second-order valence-electron chi connectivity index (χ2n) is 6.70. The summed E-state index contributed by atoms with van der Waals surface area (Å²) < 4.78 is 62.9. The van der Waals surface area contributed by atoms with Crippen LogP contribution in [0, 0.1) is 0 Å². The van der Waals surface area contributed by atoms with Crippen LogP contribution in [0.1, 0.15) is 11.1 Å². The summed E-state index contributed by atoms with van der Waals surface area (Å²) in [5.41, 5.74) is -2.58. The molecule has 0 aliphatic carbocycles. The molecule has 30 heavy (non-hydrogen) atoms. The van der Waals surface area contributed by atoms with Gasteiger partial charge in [-0.25, -0.2) is 4.79 Å². The standard InChI is InChI=1S/C21H20BrF3O5/c1-27-20(21(23,24)25,15-5-3-2-4-6-15)19(26)29-13-18-17(30-18)12-28-11-14-7-9-16(22)10-8-14/h2-10,17-18H,11-13H2,1H3/t17-,18-,20-/m1/s1. The van der Waals surface area contributed by atoms with Gasteiger partial charge in [-0.1, -0.05) is 58.4 Å². The molecule has 0 radical (unpaired) electrons. The number of carbonyl (C=O) groups excluding carboxylic acids is 1. The monoisotopic (exact) mass is 488 g/mol. The number of esters is 1. The first kappa shape index (κ1) is 22.7. The van der Waals surface area contributed by atoms with Crippen molar-refractivity contribution in [2.45, 2.75) is 30.6 Å². The van der Waals surface area contributed by atoms with Crippen LogP contribution in [0.4, 0.5) is 13.2 Å². The molecule has 0 spiro atoms. The van der Waals surface area contributed by atoms with Crippen LogP contribution < -0.4 is 0 Å². The van der Waals surface area contributed by atoms with E-state index in [1.54, 1.807) is 6.07 Å². The van der Waals surface area contributed by atoms with Gasteiger partial charge >= 0.3 is 12.1 Å². The van der Waals surface area contributed by atoms with E-state index in [9.17, 15) is 18.0 Å². The molecular weight excluding hydrogens is 469 g/mol. The van der Waals surface area contributed by atoms with Crippen LogP contribution in [0.5, 0.6) is 0 Å². The number of epoxide rings is 1. The highest BCUT2D eigenvalue weighted by Crippen LogP contribution is 2.43. The van der Waals surface area contributed by atoms with E-state index in [1.807, 2.05) is 24.3 Å². The third-order valence-electron chi connectivity index (χ3n) is 4.70. The largest absolute Gasteiger partial charge is 0.460 e. The summed E-state index contributed by atoms with van der Waals surface area (Å²) in [6.07, 6.45) is -5.86. The second kappa shape index (κ2) is 9.47. The molecule has 1 saturated heterocycles. The van der Waals surface area contributed by atoms with Gasteiger partial charge in [0.25, 0.3) is 5.60 Å². The van der Waals surface area contributed by atoms with Gasteiger partial charge in [-0.05, 0) is 17.7 Å². The predicted molar refractivity (Wildman–Crippen MR) is 105 cm³/mol. The lowest BCUT2D eigenvalue weighted by atomic mass is 9.93. The minimum atomic E-state index is -5.00. The lowest BCUT2D eigenvalue weighted by Crippen LogP contribution is -2.52. The van der Waals surface area contributed by atoms with E-state index in [0.717, 1.165) is 17.1 Å². The Balaban J connectivity index is 1.52. The first-order valence-corrected chi connectivity index (χ1v) is 9.89. The van der Waals surface area contributed by atoms with Crippen molar-refractivity contribution in [1.82, 2.24) is 0 Å². The van der Waals surface area contributed by atoms with Gasteiger partial charge in [0.2, 0.25) is 0 Å². The van der Waals surface area contributed by atoms with E-state index < -0.39 is 23.9 Å². The van der Waals surface area contributed by atoms with Crippen molar-refractivity contribution < 1.29 is 36.9 Å². The number of alkyl halides is 3. The van der Waals surface area contributed by atoms with E-state index in [2.05, 4.69) is 20.7 Å². The summed E-state index contributed by atoms with van der Waals surface area (Å²) in [5.74, 6) is -1.53. The van der Waals surface area contributed by atoms with Crippen LogP contribution >= 0.6 is 15.9 Å². The Morgan fingerprint density at radius 1 is 1.03 bits per heavy atom. The smallest absolute Gasteiger partial charge is 0.432 e. The molecule has 0 saturated carbocycles. The SMILES string of the molecule is CO[C@@](C(=O)OC[C@H]1O[C@@H]1COCc1ccc(Br)cc1)(c1ccccc1)C(F)(F)F. The minimum absolute atomic E-state index is 0.242. The van der Waals surface area contributed by atoms with Gasteiger partial charge in [-0.3, -0.25) is 0 Å². The molecule has 1 aliphatic rings. The normalized spacial score (nSPS) is 20.4. The highest BCUT2D eigenvalue weighted by molar-refractivity contribution is 9.10. The minimum Gasteiger partial charge on any atom is -0.460 e. The molecule has 0 bridgehead atoms. The lowest BCUT2D eigenvalue weighted by Gasteiger charge is -2.32. The molecule has 2 aromatic carbocycles. The Bertz CT molecular complexity index is 844. The molecule has 2 aromatic rings. The molecule has 9 heteroatoms. The Kier molecular flexibility index (Phi) is 7.18. The van der Waals surface area contributed by atoms with Gasteiger partial charge in [-0.15, -0.1) is 0 Å². The molecule has 3 atom stereocenters. The second-order valence-corrected chi connectivity index (χ2v) is 7.62. The van der Waals surface area contributed by atoms with Gasteiger partial charge in [0.1, 0.15) is 18.8 Å². The molecule has 162 valence electrons. The summed E-state index contributed by atoms with van der Waals surface area (Å²) in [6.45, 7) is 0.291. The number of rotatable bonds is 9. The van der Waals surface area contributed by atoms with Crippen molar-refractivity contribution in [2.24, 2.45) is 0 Å². The molecule has 0 amide bonds. The number of benzene rings is 2. The predicted octanol–water partition coefficient (Wildman–Crippen LogP) is 4.38. The van der Waals surface area contributed by atoms with Crippen molar-refractivity contribution >= 4 is 21.9 Å². The zero-order valence-electron chi connectivity index (χ0n) is 16.0. The van der Waals surface area contributed by atoms with E-state index in [0.29, 0.717) is 6.61 Å². The van der Waals surface area contributed by atoms with E-state index in [4.69, 9.17) is 14.2 Å². The topological polar surface area (TPSA) is 57.3 Å². The fourth-order valence-electron chi connectivity index (χ4n) is 2.99. The maximum atomic E-state index is 13.8. The van der Waals surface area contributed by atoms with Gasteiger partial charge in [0.15, 0.2) is 0 Å². The molecule has 1 aliphatic heterocycles. The maximum absolute atomic E-state index is 13.8. The zero-order valence-corrected chi connectivity index (χ0v) is 17.6. The third-order valence-corrected chi connectivity index (χ3v) is 5.23. The average Bonchev–Trinajstić information content (AvgIpc) is 3.47. The maximum Gasteiger partial charge on any atom is 0.432 e. The first-order valence-electron chi connectivity index (χ1n) is 9.10. The van der Waals surface area contributed by atoms with Crippen molar-refractivity contribution in [3.63, 3.8) is 0 Å². The van der Waals surface area contributed by atoms with E-state index >= 15 is 0 Å². The van der Waals surface area contributed by atoms with Gasteiger partial charge < -0.3 is 18.9 Å². The molecule has 1 heterocycles. The van der Waals surface area contributed by atoms with Crippen LogP contribution in [0.25, 0.3) is 0 Å². The van der Waals surface area contributed by atoms with Crippen molar-refractivity contribution in [2.75, 3.05) is 20.3 Å². The summed E-state index contributed by atoms with van der Waals surface area (Å²) >= 11 is 3.35. The molecule has 0 aromatic heterocycles. The van der Waals surface area contributed by atoms with Crippen molar-refractivity contribution in [3.8, 4) is 0 Å². The summed E-state index contributed by atoms with van der Waals surface area (Å²) in [4.78, 5) is 12.5. The summed E-state index contributed by atoms with van der Waals surface area (Å²) in [6, 6.07) is 14.3. The Hall–Kier alpha value is -1.94.